The van der Waals surface area contributed by atoms with Gasteiger partial charge in [-0.1, -0.05) is 29.3 Å². The molecule has 1 amide bonds. The van der Waals surface area contributed by atoms with Gasteiger partial charge in [0.1, 0.15) is 0 Å². The molecule has 1 aliphatic heterocycles. The van der Waals surface area contributed by atoms with Gasteiger partial charge in [0.05, 0.1) is 12.2 Å². The van der Waals surface area contributed by atoms with Gasteiger partial charge in [-0.05, 0) is 37.6 Å². The summed E-state index contributed by atoms with van der Waals surface area (Å²) in [5.41, 5.74) is 1.58. The van der Waals surface area contributed by atoms with Gasteiger partial charge in [0.2, 0.25) is 12.7 Å². The summed E-state index contributed by atoms with van der Waals surface area (Å²) in [6.45, 7) is 3.44. The highest BCUT2D eigenvalue weighted by molar-refractivity contribution is 6.35. The number of hydrogen-bond donors (Lipinski definition) is 2. The molecule has 2 aromatic rings. The number of nitrogens with one attached hydrogen (secondary N) is 2. The quantitative estimate of drug-likeness (QED) is 0.699. The van der Waals surface area contributed by atoms with Crippen LogP contribution in [0.5, 0.6) is 11.5 Å². The molecule has 0 bridgehead atoms. The van der Waals surface area contributed by atoms with Crippen molar-refractivity contribution in [3.63, 3.8) is 0 Å². The Labute approximate surface area is 166 Å². The van der Waals surface area contributed by atoms with Crippen molar-refractivity contribution in [3.05, 3.63) is 51.5 Å². The molecule has 6 nitrogen and oxygen atoms in total. The molecular weight excluding hydrogens is 391 g/mol. The number of amides is 1. The van der Waals surface area contributed by atoms with E-state index in [1.54, 1.807) is 24.3 Å². The molecule has 0 unspecified atom stereocenters. The monoisotopic (exact) mass is 408 g/mol. The normalized spacial score (nSPS) is 13.3. The minimum Gasteiger partial charge on any atom is -0.454 e. The van der Waals surface area contributed by atoms with Gasteiger partial charge in [0.15, 0.2) is 17.3 Å². The second kappa shape index (κ2) is 8.17. The van der Waals surface area contributed by atoms with Crippen molar-refractivity contribution in [1.29, 1.82) is 0 Å². The third kappa shape index (κ3) is 4.53. The predicted octanol–water partition coefficient (Wildman–Crippen LogP) is 4.21. The Bertz CT molecular complexity index is 902. The fraction of sp³-hybridized carbons (Fsp3) is 0.263. The number of carbonyl (C=O) groups is 2. The number of benzene rings is 2. The van der Waals surface area contributed by atoms with Crippen LogP contribution in [0.1, 0.15) is 35.8 Å². The molecule has 0 radical (unpaired) electrons. The number of hydrogen-bond acceptors (Lipinski definition) is 5. The van der Waals surface area contributed by atoms with E-state index >= 15 is 0 Å². The van der Waals surface area contributed by atoms with Crippen LogP contribution in [0.15, 0.2) is 30.3 Å². The van der Waals surface area contributed by atoms with E-state index in [0.717, 1.165) is 5.56 Å². The molecule has 1 atom stereocenters. The first-order valence-electron chi connectivity index (χ1n) is 8.28. The highest BCUT2D eigenvalue weighted by Crippen LogP contribution is 2.37. The lowest BCUT2D eigenvalue weighted by atomic mass is 10.1. The summed E-state index contributed by atoms with van der Waals surface area (Å²) >= 11 is 12.1. The van der Waals surface area contributed by atoms with Gasteiger partial charge >= 0.3 is 0 Å². The number of ketones is 1. The largest absolute Gasteiger partial charge is 0.454 e. The van der Waals surface area contributed by atoms with Crippen molar-refractivity contribution in [2.24, 2.45) is 0 Å². The molecule has 0 saturated carbocycles. The Morgan fingerprint density at radius 3 is 2.52 bits per heavy atom. The Morgan fingerprint density at radius 2 is 1.85 bits per heavy atom. The number of Topliss-reactive ketones (excluding diaryl/α,β-unsaturated/α-hetero) is 1. The zero-order valence-electron chi connectivity index (χ0n) is 14.8. The van der Waals surface area contributed by atoms with Gasteiger partial charge in [-0.25, -0.2) is 0 Å². The standard InChI is InChI=1S/C19H18Cl2N2O4/c1-10(13-4-3-12(20)5-15(13)21)22-8-19(25)23-16-7-18-17(26-9-27-18)6-14(16)11(2)24/h3-7,10,22H,8-9H2,1-2H3,(H,23,25)/t10-/m1/s1. The van der Waals surface area contributed by atoms with E-state index in [0.29, 0.717) is 32.8 Å². The third-order valence-corrected chi connectivity index (χ3v) is 4.73. The van der Waals surface area contributed by atoms with Crippen LogP contribution in [0.25, 0.3) is 0 Å². The summed E-state index contributed by atoms with van der Waals surface area (Å²) < 4.78 is 10.6. The lowest BCUT2D eigenvalue weighted by Crippen LogP contribution is -2.30. The summed E-state index contributed by atoms with van der Waals surface area (Å²) in [5.74, 6) is 0.498. The molecule has 2 N–H and O–H groups in total. The van der Waals surface area contributed by atoms with Crippen LogP contribution in [-0.4, -0.2) is 25.0 Å². The number of halogens is 2. The van der Waals surface area contributed by atoms with E-state index in [1.165, 1.54) is 6.92 Å². The molecule has 1 aliphatic rings. The van der Waals surface area contributed by atoms with Crippen LogP contribution in [-0.2, 0) is 4.79 Å². The van der Waals surface area contributed by atoms with Crippen LogP contribution in [0, 0.1) is 0 Å². The molecular formula is C19H18Cl2N2O4. The maximum absolute atomic E-state index is 12.4. The summed E-state index contributed by atoms with van der Waals surface area (Å²) in [7, 11) is 0. The maximum atomic E-state index is 12.4. The van der Waals surface area contributed by atoms with Crippen LogP contribution >= 0.6 is 23.2 Å². The Kier molecular flexibility index (Phi) is 5.89. The van der Waals surface area contributed by atoms with E-state index in [9.17, 15) is 9.59 Å². The Hall–Kier alpha value is -2.28. The average molecular weight is 409 g/mol. The number of carbonyl (C=O) groups excluding carboxylic acids is 2. The lowest BCUT2D eigenvalue weighted by molar-refractivity contribution is -0.115. The maximum Gasteiger partial charge on any atom is 0.238 e. The van der Waals surface area contributed by atoms with Gasteiger partial charge in [0, 0.05) is 27.7 Å². The number of anilines is 1. The van der Waals surface area contributed by atoms with Crippen LogP contribution < -0.4 is 20.1 Å². The van der Waals surface area contributed by atoms with Crippen molar-refractivity contribution in [2.45, 2.75) is 19.9 Å². The third-order valence-electron chi connectivity index (χ3n) is 4.16. The lowest BCUT2D eigenvalue weighted by Gasteiger charge is -2.16. The van der Waals surface area contributed by atoms with Gasteiger partial charge in [-0.2, -0.15) is 0 Å². The van der Waals surface area contributed by atoms with E-state index in [1.807, 2.05) is 13.0 Å². The van der Waals surface area contributed by atoms with E-state index < -0.39 is 0 Å². The first-order valence-corrected chi connectivity index (χ1v) is 9.03. The molecule has 0 fully saturated rings. The van der Waals surface area contributed by atoms with Gasteiger partial charge in [0.25, 0.3) is 0 Å². The molecule has 0 saturated heterocycles. The van der Waals surface area contributed by atoms with Crippen molar-refractivity contribution in [2.75, 3.05) is 18.7 Å². The molecule has 0 aromatic heterocycles. The van der Waals surface area contributed by atoms with Gasteiger partial charge < -0.3 is 20.1 Å². The first kappa shape index (κ1) is 19.5. The number of rotatable bonds is 6. The minimum absolute atomic E-state index is 0.0336. The fourth-order valence-electron chi connectivity index (χ4n) is 2.74. The number of ether oxygens (including phenoxy) is 2. The SMILES string of the molecule is CC(=O)c1cc2c(cc1NC(=O)CN[C@H](C)c1ccc(Cl)cc1Cl)OCO2. The van der Waals surface area contributed by atoms with Gasteiger partial charge in [-0.15, -0.1) is 0 Å². The smallest absolute Gasteiger partial charge is 0.238 e. The van der Waals surface area contributed by atoms with Crippen LogP contribution in [0.4, 0.5) is 5.69 Å². The fourth-order valence-corrected chi connectivity index (χ4v) is 3.31. The molecule has 1 heterocycles. The second-order valence-electron chi connectivity index (χ2n) is 6.12. The van der Waals surface area contributed by atoms with Crippen LogP contribution in [0.2, 0.25) is 10.0 Å². The molecule has 8 heteroatoms. The molecule has 142 valence electrons. The van der Waals surface area contributed by atoms with Crippen molar-refractivity contribution < 1.29 is 19.1 Å². The average Bonchev–Trinajstić information content (AvgIpc) is 3.06. The van der Waals surface area contributed by atoms with Gasteiger partial charge in [-0.3, -0.25) is 9.59 Å². The van der Waals surface area contributed by atoms with E-state index in [4.69, 9.17) is 32.7 Å². The van der Waals surface area contributed by atoms with Crippen molar-refractivity contribution >= 4 is 40.6 Å². The molecule has 3 rings (SSSR count). The molecule has 0 spiro atoms. The zero-order chi connectivity index (χ0) is 19.6. The summed E-state index contributed by atoms with van der Waals surface area (Å²) in [4.78, 5) is 24.2. The van der Waals surface area contributed by atoms with E-state index in [-0.39, 0.29) is 31.1 Å². The zero-order valence-corrected chi connectivity index (χ0v) is 16.3. The minimum atomic E-state index is -0.298. The van der Waals surface area contributed by atoms with Crippen molar-refractivity contribution in [3.8, 4) is 11.5 Å². The Morgan fingerprint density at radius 1 is 1.15 bits per heavy atom. The second-order valence-corrected chi connectivity index (χ2v) is 6.97. The molecule has 2 aromatic carbocycles. The van der Waals surface area contributed by atoms with Crippen LogP contribution in [0.3, 0.4) is 0 Å². The highest BCUT2D eigenvalue weighted by Gasteiger charge is 2.20. The number of fused-ring (bicyclic) bond motifs is 1. The summed E-state index contributed by atoms with van der Waals surface area (Å²) in [6, 6.07) is 8.21. The first-order chi connectivity index (χ1) is 12.8. The van der Waals surface area contributed by atoms with E-state index in [2.05, 4.69) is 10.6 Å². The summed E-state index contributed by atoms with van der Waals surface area (Å²) in [5, 5.41) is 6.91. The Balaban J connectivity index is 1.66. The highest BCUT2D eigenvalue weighted by atomic mass is 35.5. The topological polar surface area (TPSA) is 76.7 Å². The molecule has 0 aliphatic carbocycles. The molecule has 27 heavy (non-hydrogen) atoms. The van der Waals surface area contributed by atoms with Crippen molar-refractivity contribution in [1.82, 2.24) is 5.32 Å². The predicted molar refractivity (Wildman–Crippen MR) is 104 cm³/mol. The summed E-state index contributed by atoms with van der Waals surface area (Å²) in [6.07, 6.45) is 0.